The molecule has 1 atom stereocenters. The van der Waals surface area contributed by atoms with Gasteiger partial charge in [-0.1, -0.05) is 18.3 Å². The Morgan fingerprint density at radius 2 is 2.11 bits per heavy atom. The highest BCUT2D eigenvalue weighted by atomic mass is 32.1. The third-order valence-corrected chi connectivity index (χ3v) is 4.94. The fourth-order valence-electron chi connectivity index (χ4n) is 3.06. The number of hydrogen-bond donors (Lipinski definition) is 2. The van der Waals surface area contributed by atoms with Crippen molar-refractivity contribution < 1.29 is 4.74 Å². The number of aryl methyl sites for hydroxylation is 1. The maximum Gasteiger partial charge on any atom is 0.129 e. The molecule has 1 aromatic carbocycles. The summed E-state index contributed by atoms with van der Waals surface area (Å²) in [7, 11) is 0. The average Bonchev–Trinajstić information content (AvgIpc) is 2.77. The quantitative estimate of drug-likeness (QED) is 0.774. The fraction of sp³-hybridized carbons (Fsp3) is 0.533. The summed E-state index contributed by atoms with van der Waals surface area (Å²) in [5, 5.41) is 3.35. The molecule has 3 N–H and O–H groups in total. The first-order chi connectivity index (χ1) is 8.78. The van der Waals surface area contributed by atoms with E-state index in [0.29, 0.717) is 6.54 Å². The van der Waals surface area contributed by atoms with Gasteiger partial charge in [0.15, 0.2) is 0 Å². The summed E-state index contributed by atoms with van der Waals surface area (Å²) >= 11 is 5.49. The Morgan fingerprint density at radius 3 is 2.74 bits per heavy atom. The monoisotopic (exact) mass is 276 g/mol. The van der Waals surface area contributed by atoms with Crippen LogP contribution in [0.4, 0.5) is 5.69 Å². The van der Waals surface area contributed by atoms with Gasteiger partial charge in [-0.15, -0.1) is 0 Å². The fourth-order valence-corrected chi connectivity index (χ4v) is 3.26. The van der Waals surface area contributed by atoms with Crippen molar-refractivity contribution >= 4 is 22.9 Å². The first kappa shape index (κ1) is 12.9. The van der Waals surface area contributed by atoms with Gasteiger partial charge in [-0.2, -0.15) is 0 Å². The summed E-state index contributed by atoms with van der Waals surface area (Å²) in [6.45, 7) is 9.01. The van der Waals surface area contributed by atoms with E-state index in [2.05, 4.69) is 39.1 Å². The van der Waals surface area contributed by atoms with Crippen molar-refractivity contribution in [2.45, 2.75) is 45.1 Å². The highest BCUT2D eigenvalue weighted by molar-refractivity contribution is 7.80. The number of thiocarbonyl (C=S) groups is 1. The number of rotatable bonds is 1. The first-order valence-electron chi connectivity index (χ1n) is 6.66. The van der Waals surface area contributed by atoms with E-state index in [9.17, 15) is 0 Å². The Bertz CT molecular complexity index is 594. The van der Waals surface area contributed by atoms with Gasteiger partial charge in [0.25, 0.3) is 0 Å². The second kappa shape index (κ2) is 3.70. The predicted molar refractivity (Wildman–Crippen MR) is 82.2 cm³/mol. The zero-order chi connectivity index (χ0) is 14.0. The minimum atomic E-state index is -0.288. The lowest BCUT2D eigenvalue weighted by atomic mass is 9.83. The molecule has 3 nitrogen and oxygen atoms in total. The van der Waals surface area contributed by atoms with Crippen LogP contribution < -0.4 is 15.8 Å². The molecule has 0 saturated heterocycles. The molecular formula is C15H20N2OS. The third-order valence-electron chi connectivity index (χ3n) is 4.33. The highest BCUT2D eigenvalue weighted by Gasteiger charge is 2.44. The van der Waals surface area contributed by atoms with E-state index in [1.807, 2.05) is 0 Å². The Hall–Kier alpha value is -1.13. The molecule has 4 heteroatoms. The molecule has 1 unspecified atom stereocenters. The topological polar surface area (TPSA) is 47.3 Å². The van der Waals surface area contributed by atoms with E-state index in [1.54, 1.807) is 0 Å². The molecule has 0 saturated carbocycles. The smallest absolute Gasteiger partial charge is 0.129 e. The zero-order valence-electron chi connectivity index (χ0n) is 11.9. The molecule has 2 heterocycles. The molecule has 3 rings (SSSR count). The SMILES string of the molecule is Cc1cc2c(c3c1NC(=S)C3(C)C)OC(C)(CN)C2. The highest BCUT2D eigenvalue weighted by Crippen LogP contribution is 2.51. The maximum absolute atomic E-state index is 6.20. The van der Waals surface area contributed by atoms with E-state index in [0.717, 1.165) is 22.8 Å². The lowest BCUT2D eigenvalue weighted by molar-refractivity contribution is 0.124. The van der Waals surface area contributed by atoms with Crippen molar-refractivity contribution in [2.24, 2.45) is 5.73 Å². The third kappa shape index (κ3) is 1.63. The lowest BCUT2D eigenvalue weighted by Crippen LogP contribution is -2.39. The molecule has 102 valence electrons. The van der Waals surface area contributed by atoms with Crippen LogP contribution in [-0.2, 0) is 11.8 Å². The van der Waals surface area contributed by atoms with Gasteiger partial charge >= 0.3 is 0 Å². The van der Waals surface area contributed by atoms with Crippen molar-refractivity contribution in [3.05, 3.63) is 22.8 Å². The van der Waals surface area contributed by atoms with Gasteiger partial charge in [0.2, 0.25) is 0 Å². The minimum absolute atomic E-state index is 0.180. The van der Waals surface area contributed by atoms with E-state index in [-0.39, 0.29) is 11.0 Å². The molecule has 0 bridgehead atoms. The lowest BCUT2D eigenvalue weighted by Gasteiger charge is -2.24. The van der Waals surface area contributed by atoms with Crippen LogP contribution in [0.3, 0.4) is 0 Å². The number of nitrogens with one attached hydrogen (secondary N) is 1. The van der Waals surface area contributed by atoms with Crippen LogP contribution in [0.5, 0.6) is 5.75 Å². The molecule has 0 amide bonds. The van der Waals surface area contributed by atoms with Crippen LogP contribution in [0.2, 0.25) is 0 Å². The largest absolute Gasteiger partial charge is 0.485 e. The summed E-state index contributed by atoms with van der Waals surface area (Å²) in [5.74, 6) is 0.992. The van der Waals surface area contributed by atoms with Gasteiger partial charge in [-0.25, -0.2) is 0 Å². The van der Waals surface area contributed by atoms with Crippen molar-refractivity contribution in [1.29, 1.82) is 0 Å². The van der Waals surface area contributed by atoms with Crippen LogP contribution in [0.1, 0.15) is 37.5 Å². The van der Waals surface area contributed by atoms with Crippen LogP contribution in [0.25, 0.3) is 0 Å². The molecule has 0 aromatic heterocycles. The molecule has 1 aromatic rings. The van der Waals surface area contributed by atoms with Gasteiger partial charge in [-0.3, -0.25) is 0 Å². The Morgan fingerprint density at radius 1 is 1.42 bits per heavy atom. The van der Waals surface area contributed by atoms with Gasteiger partial charge in [0.1, 0.15) is 11.4 Å². The van der Waals surface area contributed by atoms with E-state index in [1.165, 1.54) is 16.7 Å². The first-order valence-corrected chi connectivity index (χ1v) is 7.07. The van der Waals surface area contributed by atoms with Crippen molar-refractivity contribution in [1.82, 2.24) is 0 Å². The van der Waals surface area contributed by atoms with Crippen LogP contribution in [0.15, 0.2) is 6.07 Å². The Balaban J connectivity index is 2.24. The van der Waals surface area contributed by atoms with E-state index in [4.69, 9.17) is 22.7 Å². The number of anilines is 1. The summed E-state index contributed by atoms with van der Waals surface area (Å²) in [6.07, 6.45) is 0.871. The van der Waals surface area contributed by atoms with Gasteiger partial charge in [0.05, 0.1) is 4.99 Å². The number of ether oxygens (including phenoxy) is 1. The summed E-state index contributed by atoms with van der Waals surface area (Å²) in [4.78, 5) is 0.865. The summed E-state index contributed by atoms with van der Waals surface area (Å²) in [6, 6.07) is 2.20. The summed E-state index contributed by atoms with van der Waals surface area (Å²) < 4.78 is 6.20. The van der Waals surface area contributed by atoms with E-state index < -0.39 is 0 Å². The number of hydrogen-bond acceptors (Lipinski definition) is 3. The predicted octanol–water partition coefficient (Wildman–Crippen LogP) is 2.68. The number of nitrogens with two attached hydrogens (primary N) is 1. The van der Waals surface area contributed by atoms with Crippen LogP contribution in [-0.4, -0.2) is 17.1 Å². The minimum Gasteiger partial charge on any atom is -0.485 e. The molecule has 0 fully saturated rings. The van der Waals surface area contributed by atoms with E-state index >= 15 is 0 Å². The average molecular weight is 276 g/mol. The van der Waals surface area contributed by atoms with Crippen LogP contribution >= 0.6 is 12.2 Å². The Labute approximate surface area is 119 Å². The molecule has 19 heavy (non-hydrogen) atoms. The van der Waals surface area contributed by atoms with Crippen LogP contribution in [0, 0.1) is 6.92 Å². The zero-order valence-corrected chi connectivity index (χ0v) is 12.7. The normalized spacial score (nSPS) is 26.7. The molecule has 0 aliphatic carbocycles. The Kier molecular flexibility index (Phi) is 2.51. The second-order valence-corrected chi connectivity index (χ2v) is 6.85. The second-order valence-electron chi connectivity index (χ2n) is 6.44. The molecule has 0 spiro atoms. The maximum atomic E-state index is 6.20. The van der Waals surface area contributed by atoms with Gasteiger partial charge in [-0.05, 0) is 38.8 Å². The molecular weight excluding hydrogens is 256 g/mol. The molecule has 2 aliphatic rings. The summed E-state index contributed by atoms with van der Waals surface area (Å²) in [5.41, 5.74) is 10.2. The van der Waals surface area contributed by atoms with Gasteiger partial charge in [0, 0.05) is 29.6 Å². The van der Waals surface area contributed by atoms with Gasteiger partial charge < -0.3 is 15.8 Å². The van der Waals surface area contributed by atoms with Crippen molar-refractivity contribution in [3.8, 4) is 5.75 Å². The molecule has 2 aliphatic heterocycles. The standard InChI is InChI=1S/C15H20N2OS/c1-8-5-9-6-15(4,7-16)18-12(9)10-11(8)17-13(19)14(10,2)3/h5H,6-7,16H2,1-4H3,(H,17,19). The molecule has 0 radical (unpaired) electrons. The van der Waals surface area contributed by atoms with Crippen molar-refractivity contribution in [2.75, 3.05) is 11.9 Å². The number of benzene rings is 1. The number of fused-ring (bicyclic) bond motifs is 3. The van der Waals surface area contributed by atoms with Crippen molar-refractivity contribution in [3.63, 3.8) is 0 Å².